The van der Waals surface area contributed by atoms with Gasteiger partial charge in [-0.3, -0.25) is 0 Å². The molecule has 3 heteroatoms. The van der Waals surface area contributed by atoms with E-state index in [1.807, 2.05) is 48.5 Å². The highest BCUT2D eigenvalue weighted by Crippen LogP contribution is 2.13. The molecule has 0 aromatic heterocycles. The molecular formula is C13H12BClO. The Morgan fingerprint density at radius 2 is 1.56 bits per heavy atom. The Kier molecular flexibility index (Phi) is 3.52. The van der Waals surface area contributed by atoms with Gasteiger partial charge < -0.3 is 4.74 Å². The summed E-state index contributed by atoms with van der Waals surface area (Å²) in [5.41, 5.74) is 2.35. The maximum Gasteiger partial charge on any atom is 0.139 e. The predicted octanol–water partition coefficient (Wildman–Crippen LogP) is 2.18. The average Bonchev–Trinajstić information content (AvgIpc) is 2.30. The van der Waals surface area contributed by atoms with Crippen LogP contribution in [0.1, 0.15) is 5.56 Å². The monoisotopic (exact) mass is 230 g/mol. The van der Waals surface area contributed by atoms with E-state index in [2.05, 4.69) is 7.85 Å². The molecule has 0 heterocycles. The third-order valence-corrected chi connectivity index (χ3v) is 2.59. The molecule has 0 amide bonds. The Hall–Kier alpha value is -1.41. The minimum Gasteiger partial charge on any atom is -0.489 e. The van der Waals surface area contributed by atoms with E-state index in [-0.39, 0.29) is 0 Å². The summed E-state index contributed by atoms with van der Waals surface area (Å²) in [6, 6.07) is 15.7. The van der Waals surface area contributed by atoms with Gasteiger partial charge in [0.1, 0.15) is 20.2 Å². The van der Waals surface area contributed by atoms with E-state index in [0.717, 1.165) is 16.3 Å². The van der Waals surface area contributed by atoms with Gasteiger partial charge in [0, 0.05) is 5.02 Å². The third-order valence-electron chi connectivity index (χ3n) is 2.34. The molecule has 0 atom stereocenters. The molecule has 0 aliphatic carbocycles. The van der Waals surface area contributed by atoms with Crippen LogP contribution >= 0.6 is 11.6 Å². The van der Waals surface area contributed by atoms with Gasteiger partial charge in [-0.05, 0) is 29.8 Å². The lowest BCUT2D eigenvalue weighted by molar-refractivity contribution is 0.306. The molecule has 0 aliphatic rings. The van der Waals surface area contributed by atoms with Crippen molar-refractivity contribution < 1.29 is 4.74 Å². The van der Waals surface area contributed by atoms with Gasteiger partial charge in [-0.2, -0.15) is 0 Å². The van der Waals surface area contributed by atoms with Crippen LogP contribution in [-0.4, -0.2) is 7.85 Å². The van der Waals surface area contributed by atoms with Gasteiger partial charge in [-0.25, -0.2) is 0 Å². The zero-order valence-electron chi connectivity index (χ0n) is 9.11. The quantitative estimate of drug-likeness (QED) is 0.735. The van der Waals surface area contributed by atoms with Crippen LogP contribution in [0, 0.1) is 0 Å². The van der Waals surface area contributed by atoms with E-state index >= 15 is 0 Å². The van der Waals surface area contributed by atoms with E-state index < -0.39 is 0 Å². The minimum absolute atomic E-state index is 0.570. The molecule has 80 valence electrons. The van der Waals surface area contributed by atoms with E-state index in [1.54, 1.807) is 0 Å². The molecular weight excluding hydrogens is 218 g/mol. The Balaban J connectivity index is 1.97. The normalized spacial score (nSPS) is 10.1. The lowest BCUT2D eigenvalue weighted by atomic mass is 9.97. The number of rotatable bonds is 3. The minimum atomic E-state index is 0.570. The fraction of sp³-hybridized carbons (Fsp3) is 0.0769. The summed E-state index contributed by atoms with van der Waals surface area (Å²) in [5.74, 6) is 0.889. The molecule has 0 saturated heterocycles. The van der Waals surface area contributed by atoms with Crippen LogP contribution < -0.4 is 10.2 Å². The van der Waals surface area contributed by atoms with Crippen LogP contribution in [0.2, 0.25) is 5.02 Å². The predicted molar refractivity (Wildman–Crippen MR) is 70.4 cm³/mol. The first kappa shape index (κ1) is 11.1. The SMILES string of the molecule is Bc1ccc(OCc2ccc(Cl)cc2)cc1. The molecule has 0 fully saturated rings. The highest BCUT2D eigenvalue weighted by Gasteiger charge is 1.95. The van der Waals surface area contributed by atoms with Crippen LogP contribution in [-0.2, 0) is 6.61 Å². The second kappa shape index (κ2) is 5.08. The highest BCUT2D eigenvalue weighted by molar-refractivity contribution is 6.32. The van der Waals surface area contributed by atoms with Crippen molar-refractivity contribution in [1.82, 2.24) is 0 Å². The fourth-order valence-electron chi connectivity index (χ4n) is 1.38. The number of ether oxygens (including phenoxy) is 1. The van der Waals surface area contributed by atoms with Gasteiger partial charge in [-0.1, -0.05) is 41.3 Å². The number of hydrogen-bond donors (Lipinski definition) is 0. The zero-order chi connectivity index (χ0) is 11.4. The van der Waals surface area contributed by atoms with E-state index in [4.69, 9.17) is 16.3 Å². The molecule has 2 aromatic rings. The largest absolute Gasteiger partial charge is 0.489 e. The van der Waals surface area contributed by atoms with Gasteiger partial charge >= 0.3 is 0 Å². The van der Waals surface area contributed by atoms with Crippen LogP contribution in [0.5, 0.6) is 5.75 Å². The Morgan fingerprint density at radius 3 is 2.19 bits per heavy atom. The molecule has 1 nitrogen and oxygen atoms in total. The molecule has 2 rings (SSSR count). The maximum absolute atomic E-state index is 5.81. The molecule has 0 bridgehead atoms. The van der Waals surface area contributed by atoms with Crippen molar-refractivity contribution in [3.05, 3.63) is 59.1 Å². The topological polar surface area (TPSA) is 9.23 Å². The maximum atomic E-state index is 5.81. The highest BCUT2D eigenvalue weighted by atomic mass is 35.5. The molecule has 0 aliphatic heterocycles. The molecule has 0 spiro atoms. The summed E-state index contributed by atoms with van der Waals surface area (Å²) < 4.78 is 5.64. The molecule has 0 saturated carbocycles. The second-order valence-electron chi connectivity index (χ2n) is 3.73. The Labute approximate surface area is 101 Å². The van der Waals surface area contributed by atoms with Gasteiger partial charge in [0.15, 0.2) is 0 Å². The van der Waals surface area contributed by atoms with Gasteiger partial charge in [-0.15, -0.1) is 0 Å². The van der Waals surface area contributed by atoms with Gasteiger partial charge in [0.2, 0.25) is 0 Å². The Bertz CT molecular complexity index is 405. The molecule has 16 heavy (non-hydrogen) atoms. The second-order valence-corrected chi connectivity index (χ2v) is 4.16. The smallest absolute Gasteiger partial charge is 0.139 e. The fourth-order valence-corrected chi connectivity index (χ4v) is 1.51. The summed E-state index contributed by atoms with van der Waals surface area (Å²) in [5, 5.41) is 0.749. The lowest BCUT2D eigenvalue weighted by Gasteiger charge is -2.06. The molecule has 0 radical (unpaired) electrons. The van der Waals surface area contributed by atoms with Crippen molar-refractivity contribution in [2.75, 3.05) is 0 Å². The summed E-state index contributed by atoms with van der Waals surface area (Å²) in [4.78, 5) is 0. The molecule has 0 N–H and O–H groups in total. The number of benzene rings is 2. The number of hydrogen-bond acceptors (Lipinski definition) is 1. The van der Waals surface area contributed by atoms with Crippen molar-refractivity contribution in [3.8, 4) is 5.75 Å². The van der Waals surface area contributed by atoms with Crippen molar-refractivity contribution in [2.24, 2.45) is 0 Å². The van der Waals surface area contributed by atoms with Crippen molar-refractivity contribution in [2.45, 2.75) is 6.61 Å². The first-order valence-corrected chi connectivity index (χ1v) is 5.56. The summed E-state index contributed by atoms with van der Waals surface area (Å²) in [6.07, 6.45) is 0. The van der Waals surface area contributed by atoms with Gasteiger partial charge in [0.05, 0.1) is 0 Å². The van der Waals surface area contributed by atoms with E-state index in [0.29, 0.717) is 6.61 Å². The van der Waals surface area contributed by atoms with E-state index in [9.17, 15) is 0 Å². The van der Waals surface area contributed by atoms with Crippen LogP contribution in [0.4, 0.5) is 0 Å². The Morgan fingerprint density at radius 1 is 0.938 bits per heavy atom. The van der Waals surface area contributed by atoms with Gasteiger partial charge in [0.25, 0.3) is 0 Å². The zero-order valence-corrected chi connectivity index (χ0v) is 9.87. The van der Waals surface area contributed by atoms with Crippen molar-refractivity contribution >= 4 is 24.9 Å². The standard InChI is InChI=1S/C13H12BClO/c14-11-3-7-13(8-4-11)16-9-10-1-5-12(15)6-2-10/h1-8H,9,14H2. The molecule has 0 unspecified atom stereocenters. The molecule has 2 aromatic carbocycles. The summed E-state index contributed by atoms with van der Waals surface area (Å²) >= 11 is 5.81. The summed E-state index contributed by atoms with van der Waals surface area (Å²) in [7, 11) is 2.06. The summed E-state index contributed by atoms with van der Waals surface area (Å²) in [6.45, 7) is 0.570. The average molecular weight is 231 g/mol. The van der Waals surface area contributed by atoms with Crippen LogP contribution in [0.3, 0.4) is 0 Å². The van der Waals surface area contributed by atoms with Crippen LogP contribution in [0.15, 0.2) is 48.5 Å². The lowest BCUT2D eigenvalue weighted by Crippen LogP contribution is -2.01. The third kappa shape index (κ3) is 3.04. The first-order chi connectivity index (χ1) is 7.74. The first-order valence-electron chi connectivity index (χ1n) is 5.18. The van der Waals surface area contributed by atoms with E-state index in [1.165, 1.54) is 5.46 Å². The number of halogens is 1. The van der Waals surface area contributed by atoms with Crippen molar-refractivity contribution in [1.29, 1.82) is 0 Å². The van der Waals surface area contributed by atoms with Crippen LogP contribution in [0.25, 0.3) is 0 Å². The van der Waals surface area contributed by atoms with Crippen molar-refractivity contribution in [3.63, 3.8) is 0 Å².